The fourth-order valence-corrected chi connectivity index (χ4v) is 4.02. The first-order valence-corrected chi connectivity index (χ1v) is 7.97. The molecule has 1 aliphatic carbocycles. The number of benzene rings is 1. The Morgan fingerprint density at radius 2 is 2.05 bits per heavy atom. The lowest BCUT2D eigenvalue weighted by atomic mass is 10.1. The molecule has 0 amide bonds. The summed E-state index contributed by atoms with van der Waals surface area (Å²) in [5.41, 5.74) is 7.51. The van der Waals surface area contributed by atoms with Crippen molar-refractivity contribution in [2.24, 2.45) is 0 Å². The number of nitrogens with zero attached hydrogens (tertiary/aromatic N) is 1. The molecule has 1 aromatic heterocycles. The van der Waals surface area contributed by atoms with E-state index >= 15 is 0 Å². The largest absolute Gasteiger partial charge is 0.389 e. The van der Waals surface area contributed by atoms with Gasteiger partial charge in [0.15, 0.2) is 0 Å². The second kappa shape index (κ2) is 5.21. The van der Waals surface area contributed by atoms with E-state index in [0.717, 1.165) is 15.0 Å². The molecule has 0 radical (unpaired) electrons. The maximum Gasteiger partial charge on any atom is 0.123 e. The third kappa shape index (κ3) is 2.54. The van der Waals surface area contributed by atoms with E-state index in [1.165, 1.54) is 37.8 Å². The molecule has 0 bridgehead atoms. The van der Waals surface area contributed by atoms with Crippen molar-refractivity contribution in [3.8, 4) is 11.3 Å². The van der Waals surface area contributed by atoms with Gasteiger partial charge >= 0.3 is 0 Å². The van der Waals surface area contributed by atoms with E-state index < -0.39 is 0 Å². The van der Waals surface area contributed by atoms with Crippen LogP contribution in [0.25, 0.3) is 11.3 Å². The van der Waals surface area contributed by atoms with Crippen molar-refractivity contribution in [3.63, 3.8) is 0 Å². The van der Waals surface area contributed by atoms with Gasteiger partial charge in [0.2, 0.25) is 0 Å². The molecule has 0 atom stereocenters. The molecule has 1 aliphatic rings. The molecule has 5 heteroatoms. The van der Waals surface area contributed by atoms with Gasteiger partial charge < -0.3 is 5.73 Å². The monoisotopic (exact) mass is 340 g/mol. The number of anilines is 1. The van der Waals surface area contributed by atoms with Crippen LogP contribution in [0, 0.1) is 5.82 Å². The molecular weight excluding hydrogens is 327 g/mol. The van der Waals surface area contributed by atoms with Crippen LogP contribution in [-0.2, 0) is 0 Å². The lowest BCUT2D eigenvalue weighted by Crippen LogP contribution is -1.92. The summed E-state index contributed by atoms with van der Waals surface area (Å²) >= 11 is 4.98. The van der Waals surface area contributed by atoms with Crippen molar-refractivity contribution < 1.29 is 4.39 Å². The fourth-order valence-electron chi connectivity index (χ4n) is 2.57. The molecule has 1 aromatic carbocycles. The molecule has 3 rings (SSSR count). The van der Waals surface area contributed by atoms with Crippen LogP contribution in [0.5, 0.6) is 0 Å². The number of nitrogen functional groups attached to an aromatic ring is 1. The Balaban J connectivity index is 2.02. The molecule has 1 fully saturated rings. The molecule has 19 heavy (non-hydrogen) atoms. The Morgan fingerprint density at radius 1 is 1.32 bits per heavy atom. The van der Waals surface area contributed by atoms with Crippen LogP contribution in [0.1, 0.15) is 36.6 Å². The van der Waals surface area contributed by atoms with Gasteiger partial charge in [0.1, 0.15) is 16.5 Å². The van der Waals surface area contributed by atoms with E-state index in [9.17, 15) is 4.39 Å². The van der Waals surface area contributed by atoms with Crippen molar-refractivity contribution >= 4 is 32.3 Å². The highest BCUT2D eigenvalue weighted by atomic mass is 79.9. The molecule has 2 aromatic rings. The third-order valence-electron chi connectivity index (χ3n) is 3.56. The standard InChI is InChI=1S/C14H14BrFN2S/c15-11-6-5-9(16)7-10(11)12-13(17)19-14(18-12)8-3-1-2-4-8/h5-8H,1-4,17H2. The Kier molecular flexibility index (Phi) is 3.58. The summed E-state index contributed by atoms with van der Waals surface area (Å²) in [7, 11) is 0. The zero-order valence-corrected chi connectivity index (χ0v) is 12.7. The number of rotatable bonds is 2. The van der Waals surface area contributed by atoms with Crippen LogP contribution >= 0.6 is 27.3 Å². The van der Waals surface area contributed by atoms with Crippen molar-refractivity contribution in [2.45, 2.75) is 31.6 Å². The average molecular weight is 341 g/mol. The van der Waals surface area contributed by atoms with Crippen molar-refractivity contribution in [1.82, 2.24) is 4.98 Å². The Labute approximate surface area is 124 Å². The van der Waals surface area contributed by atoms with Crippen LogP contribution in [0.3, 0.4) is 0 Å². The normalized spacial score (nSPS) is 16.1. The number of hydrogen-bond donors (Lipinski definition) is 1. The van der Waals surface area contributed by atoms with Gasteiger partial charge in [-0.1, -0.05) is 28.8 Å². The van der Waals surface area contributed by atoms with Gasteiger partial charge in [0.25, 0.3) is 0 Å². The minimum absolute atomic E-state index is 0.270. The smallest absolute Gasteiger partial charge is 0.123 e. The zero-order valence-electron chi connectivity index (χ0n) is 10.3. The van der Waals surface area contributed by atoms with E-state index in [-0.39, 0.29) is 5.82 Å². The van der Waals surface area contributed by atoms with Gasteiger partial charge in [0.05, 0.1) is 5.01 Å². The van der Waals surface area contributed by atoms with Crippen molar-refractivity contribution in [2.75, 3.05) is 5.73 Å². The molecule has 2 N–H and O–H groups in total. The van der Waals surface area contributed by atoms with Gasteiger partial charge in [-0.15, -0.1) is 11.3 Å². The predicted octanol–water partition coefficient (Wildman–Crippen LogP) is 4.95. The van der Waals surface area contributed by atoms with Gasteiger partial charge in [0, 0.05) is 16.0 Å². The highest BCUT2D eigenvalue weighted by molar-refractivity contribution is 9.10. The van der Waals surface area contributed by atoms with Gasteiger partial charge in [-0.3, -0.25) is 0 Å². The summed E-state index contributed by atoms with van der Waals surface area (Å²) in [5.74, 6) is 0.265. The zero-order chi connectivity index (χ0) is 13.4. The number of thiazole rings is 1. The topological polar surface area (TPSA) is 38.9 Å². The van der Waals surface area contributed by atoms with E-state index in [1.807, 2.05) is 0 Å². The number of hydrogen-bond acceptors (Lipinski definition) is 3. The lowest BCUT2D eigenvalue weighted by Gasteiger charge is -2.04. The van der Waals surface area contributed by atoms with E-state index in [1.54, 1.807) is 17.4 Å². The SMILES string of the molecule is Nc1sc(C2CCCC2)nc1-c1cc(F)ccc1Br. The Hall–Kier alpha value is -0.940. The van der Waals surface area contributed by atoms with Gasteiger partial charge in [-0.05, 0) is 31.0 Å². The summed E-state index contributed by atoms with van der Waals surface area (Å²) in [4.78, 5) is 4.66. The van der Waals surface area contributed by atoms with Crippen molar-refractivity contribution in [1.29, 1.82) is 0 Å². The fraction of sp³-hybridized carbons (Fsp3) is 0.357. The first kappa shape index (κ1) is 13.1. The molecule has 0 saturated heterocycles. The molecular formula is C14H14BrFN2S. The number of aromatic nitrogens is 1. The van der Waals surface area contributed by atoms with Gasteiger partial charge in [-0.25, -0.2) is 9.37 Å². The maximum absolute atomic E-state index is 13.4. The summed E-state index contributed by atoms with van der Waals surface area (Å²) in [5, 5.41) is 1.77. The van der Waals surface area contributed by atoms with Crippen LogP contribution in [0.2, 0.25) is 0 Å². The van der Waals surface area contributed by atoms with Crippen molar-refractivity contribution in [3.05, 3.63) is 33.5 Å². The first-order valence-electron chi connectivity index (χ1n) is 6.37. The van der Waals surface area contributed by atoms with Crippen LogP contribution < -0.4 is 5.73 Å². The quantitative estimate of drug-likeness (QED) is 0.839. The van der Waals surface area contributed by atoms with E-state index in [2.05, 4.69) is 20.9 Å². The molecule has 100 valence electrons. The molecule has 1 heterocycles. The second-order valence-electron chi connectivity index (χ2n) is 4.87. The minimum atomic E-state index is -0.270. The molecule has 0 unspecified atom stereocenters. The van der Waals surface area contributed by atoms with Gasteiger partial charge in [-0.2, -0.15) is 0 Å². The van der Waals surface area contributed by atoms with Crippen LogP contribution in [0.15, 0.2) is 22.7 Å². The number of halogens is 2. The highest BCUT2D eigenvalue weighted by Gasteiger charge is 2.23. The van der Waals surface area contributed by atoms with Crippen LogP contribution in [-0.4, -0.2) is 4.98 Å². The molecule has 0 aliphatic heterocycles. The predicted molar refractivity (Wildman–Crippen MR) is 80.8 cm³/mol. The summed E-state index contributed by atoms with van der Waals surface area (Å²) in [6, 6.07) is 4.60. The molecule has 0 spiro atoms. The first-order chi connectivity index (χ1) is 9.15. The third-order valence-corrected chi connectivity index (χ3v) is 5.30. The Bertz CT molecular complexity index is 605. The Morgan fingerprint density at radius 3 is 2.79 bits per heavy atom. The van der Waals surface area contributed by atoms with Crippen LogP contribution in [0.4, 0.5) is 9.39 Å². The lowest BCUT2D eigenvalue weighted by molar-refractivity contribution is 0.628. The second-order valence-corrected chi connectivity index (χ2v) is 6.79. The summed E-state index contributed by atoms with van der Waals surface area (Å²) < 4.78 is 14.2. The molecule has 1 saturated carbocycles. The maximum atomic E-state index is 13.4. The minimum Gasteiger partial charge on any atom is -0.389 e. The number of nitrogens with two attached hydrogens (primary N) is 1. The van der Waals surface area contributed by atoms with E-state index in [4.69, 9.17) is 5.73 Å². The molecule has 2 nitrogen and oxygen atoms in total. The average Bonchev–Trinajstić information content (AvgIpc) is 3.01. The highest BCUT2D eigenvalue weighted by Crippen LogP contribution is 2.42. The van der Waals surface area contributed by atoms with E-state index in [0.29, 0.717) is 16.6 Å². The summed E-state index contributed by atoms with van der Waals surface area (Å²) in [6.45, 7) is 0. The summed E-state index contributed by atoms with van der Waals surface area (Å²) in [6.07, 6.45) is 4.92.